The quantitative estimate of drug-likeness (QED) is 0.587. The summed E-state index contributed by atoms with van der Waals surface area (Å²) in [6, 6.07) is 3.59. The molecule has 0 saturated heterocycles. The van der Waals surface area contributed by atoms with Gasteiger partial charge in [0.05, 0.1) is 15.6 Å². The number of aryl methyl sites for hydroxylation is 1. The molecule has 0 saturated carbocycles. The average molecular weight is 333 g/mol. The second-order valence-electron chi connectivity index (χ2n) is 6.63. The van der Waals surface area contributed by atoms with E-state index in [1.807, 2.05) is 13.0 Å². The van der Waals surface area contributed by atoms with Crippen molar-refractivity contribution in [2.24, 2.45) is 11.3 Å². The summed E-state index contributed by atoms with van der Waals surface area (Å²) >= 11 is 12.3. The Kier molecular flexibility index (Phi) is 6.51. The van der Waals surface area contributed by atoms with Crippen LogP contribution < -0.4 is 0 Å². The maximum Gasteiger partial charge on any atom is 0.184 e. The molecule has 112 valence electrons. The van der Waals surface area contributed by atoms with E-state index in [2.05, 4.69) is 27.7 Å². The van der Waals surface area contributed by atoms with Crippen molar-refractivity contribution >= 4 is 37.3 Å². The second-order valence-corrected chi connectivity index (χ2v) is 8.63. The number of halogens is 2. The summed E-state index contributed by atoms with van der Waals surface area (Å²) in [7, 11) is 0.231. The summed E-state index contributed by atoms with van der Waals surface area (Å²) in [6.45, 7) is 10.8. The Hall–Kier alpha value is -0.100. The SMILES string of the molecule is Cc1ccc(Cl)c(C(=O)PCC(C)CC(C)(C)C)c1Cl. The van der Waals surface area contributed by atoms with Crippen molar-refractivity contribution in [1.82, 2.24) is 0 Å². The number of carbonyl (C=O) groups excluding carboxylic acids is 1. The van der Waals surface area contributed by atoms with Gasteiger partial charge in [-0.05, 0) is 51.0 Å². The predicted molar refractivity (Wildman–Crippen MR) is 91.9 cm³/mol. The molecule has 0 aliphatic heterocycles. The molecule has 1 aromatic carbocycles. The Labute approximate surface area is 134 Å². The highest BCUT2D eigenvalue weighted by Gasteiger charge is 2.19. The standard InChI is InChI=1S/C16H23Cl2OP/c1-10(8-16(3,4)5)9-20-15(19)13-12(17)7-6-11(2)14(13)18/h6-7,10,20H,8-9H2,1-5H3. The van der Waals surface area contributed by atoms with E-state index in [0.29, 0.717) is 26.9 Å². The number of benzene rings is 1. The van der Waals surface area contributed by atoms with Crippen LogP contribution in [-0.2, 0) is 0 Å². The van der Waals surface area contributed by atoms with Crippen LogP contribution in [0.25, 0.3) is 0 Å². The zero-order chi connectivity index (χ0) is 15.5. The van der Waals surface area contributed by atoms with Gasteiger partial charge in [0.1, 0.15) is 0 Å². The van der Waals surface area contributed by atoms with Crippen LogP contribution in [0.1, 0.15) is 50.0 Å². The first-order valence-electron chi connectivity index (χ1n) is 6.84. The molecule has 0 radical (unpaired) electrons. The van der Waals surface area contributed by atoms with Crippen LogP contribution in [0.15, 0.2) is 12.1 Å². The Morgan fingerprint density at radius 2 is 1.90 bits per heavy atom. The van der Waals surface area contributed by atoms with Gasteiger partial charge >= 0.3 is 0 Å². The monoisotopic (exact) mass is 332 g/mol. The van der Waals surface area contributed by atoms with E-state index >= 15 is 0 Å². The first-order valence-corrected chi connectivity index (χ1v) is 8.81. The van der Waals surface area contributed by atoms with Crippen LogP contribution in [0.4, 0.5) is 0 Å². The van der Waals surface area contributed by atoms with Gasteiger partial charge in [0.2, 0.25) is 0 Å². The van der Waals surface area contributed by atoms with Gasteiger partial charge in [0, 0.05) is 0 Å². The highest BCUT2D eigenvalue weighted by Crippen LogP contribution is 2.35. The van der Waals surface area contributed by atoms with Crippen LogP contribution >= 0.6 is 31.8 Å². The first-order chi connectivity index (χ1) is 9.11. The molecule has 0 aromatic heterocycles. The van der Waals surface area contributed by atoms with Gasteiger partial charge < -0.3 is 0 Å². The van der Waals surface area contributed by atoms with Crippen LogP contribution in [0, 0.1) is 18.3 Å². The molecule has 2 unspecified atom stereocenters. The summed E-state index contributed by atoms with van der Waals surface area (Å²) in [6.07, 6.45) is 2.01. The fraction of sp³-hybridized carbons (Fsp3) is 0.562. The Morgan fingerprint density at radius 1 is 1.30 bits per heavy atom. The fourth-order valence-corrected chi connectivity index (χ4v) is 4.15. The zero-order valence-corrected chi connectivity index (χ0v) is 15.3. The molecular weight excluding hydrogens is 310 g/mol. The van der Waals surface area contributed by atoms with Crippen molar-refractivity contribution < 1.29 is 4.79 Å². The van der Waals surface area contributed by atoms with Gasteiger partial charge in [-0.2, -0.15) is 0 Å². The van der Waals surface area contributed by atoms with Gasteiger partial charge in [-0.25, -0.2) is 0 Å². The maximum absolute atomic E-state index is 12.4. The smallest absolute Gasteiger partial charge is 0.184 e. The number of carbonyl (C=O) groups is 1. The second kappa shape index (κ2) is 7.25. The Bertz CT molecular complexity index is 492. The molecule has 4 heteroatoms. The molecule has 0 fully saturated rings. The molecule has 1 nitrogen and oxygen atoms in total. The van der Waals surface area contributed by atoms with E-state index in [9.17, 15) is 4.79 Å². The fourth-order valence-electron chi connectivity index (χ4n) is 2.34. The van der Waals surface area contributed by atoms with Gasteiger partial charge in [0.25, 0.3) is 0 Å². The van der Waals surface area contributed by atoms with Crippen molar-refractivity contribution in [3.8, 4) is 0 Å². The maximum atomic E-state index is 12.4. The lowest BCUT2D eigenvalue weighted by Gasteiger charge is -2.23. The zero-order valence-electron chi connectivity index (χ0n) is 12.8. The molecule has 0 aliphatic rings. The minimum Gasteiger partial charge on any atom is -0.289 e. The van der Waals surface area contributed by atoms with Crippen LogP contribution in [0.2, 0.25) is 10.0 Å². The van der Waals surface area contributed by atoms with E-state index in [1.54, 1.807) is 6.07 Å². The van der Waals surface area contributed by atoms with E-state index < -0.39 is 0 Å². The van der Waals surface area contributed by atoms with Crippen LogP contribution in [0.3, 0.4) is 0 Å². The lowest BCUT2D eigenvalue weighted by atomic mass is 9.86. The molecule has 2 atom stereocenters. The van der Waals surface area contributed by atoms with Crippen molar-refractivity contribution in [3.05, 3.63) is 33.3 Å². The van der Waals surface area contributed by atoms with Gasteiger partial charge in [-0.15, -0.1) is 0 Å². The molecule has 0 heterocycles. The Balaban J connectivity index is 2.71. The largest absolute Gasteiger partial charge is 0.289 e. The third kappa shape index (κ3) is 5.35. The van der Waals surface area contributed by atoms with Gasteiger partial charge in [0.15, 0.2) is 5.52 Å². The van der Waals surface area contributed by atoms with Crippen molar-refractivity contribution in [2.45, 2.75) is 41.0 Å². The van der Waals surface area contributed by atoms with E-state index in [-0.39, 0.29) is 14.1 Å². The minimum atomic E-state index is 0.0736. The molecule has 1 rings (SSSR count). The molecular formula is C16H23Cl2OP. The Morgan fingerprint density at radius 3 is 2.45 bits per heavy atom. The van der Waals surface area contributed by atoms with Crippen molar-refractivity contribution in [2.75, 3.05) is 6.16 Å². The summed E-state index contributed by atoms with van der Waals surface area (Å²) in [5.41, 5.74) is 1.76. The number of hydrogen-bond acceptors (Lipinski definition) is 1. The summed E-state index contributed by atoms with van der Waals surface area (Å²) in [5, 5.41) is 0.958. The lowest BCUT2D eigenvalue weighted by Crippen LogP contribution is -2.13. The summed E-state index contributed by atoms with van der Waals surface area (Å²) < 4.78 is 0. The number of hydrogen-bond donors (Lipinski definition) is 0. The minimum absolute atomic E-state index is 0.0736. The molecule has 0 N–H and O–H groups in total. The predicted octanol–water partition coefficient (Wildman–Crippen LogP) is 6.19. The number of rotatable bonds is 5. The summed E-state index contributed by atoms with van der Waals surface area (Å²) in [5.74, 6) is 0.527. The van der Waals surface area contributed by atoms with E-state index in [4.69, 9.17) is 23.2 Å². The lowest BCUT2D eigenvalue weighted by molar-refractivity contribution is 0.108. The first kappa shape index (κ1) is 18.0. The molecule has 1 aromatic rings. The topological polar surface area (TPSA) is 17.1 Å². The molecule has 0 aliphatic carbocycles. The van der Waals surface area contributed by atoms with E-state index in [1.165, 1.54) is 0 Å². The third-order valence-corrected chi connectivity index (χ3v) is 5.36. The molecule has 0 spiro atoms. The summed E-state index contributed by atoms with van der Waals surface area (Å²) in [4.78, 5) is 12.4. The molecule has 0 bridgehead atoms. The normalized spacial score (nSPS) is 13.9. The molecule has 0 amide bonds. The highest BCUT2D eigenvalue weighted by atomic mass is 35.5. The van der Waals surface area contributed by atoms with Crippen LogP contribution in [0.5, 0.6) is 0 Å². The van der Waals surface area contributed by atoms with E-state index in [0.717, 1.165) is 18.1 Å². The molecule has 20 heavy (non-hydrogen) atoms. The highest BCUT2D eigenvalue weighted by molar-refractivity contribution is 7.58. The van der Waals surface area contributed by atoms with Gasteiger partial charge in [-0.1, -0.05) is 57.0 Å². The van der Waals surface area contributed by atoms with Gasteiger partial charge in [-0.3, -0.25) is 4.79 Å². The average Bonchev–Trinajstić information content (AvgIpc) is 2.30. The van der Waals surface area contributed by atoms with Crippen molar-refractivity contribution in [3.63, 3.8) is 0 Å². The van der Waals surface area contributed by atoms with Crippen LogP contribution in [-0.4, -0.2) is 11.7 Å². The third-order valence-electron chi connectivity index (χ3n) is 3.08. The van der Waals surface area contributed by atoms with Crippen molar-refractivity contribution in [1.29, 1.82) is 0 Å².